The van der Waals surface area contributed by atoms with Gasteiger partial charge in [0.1, 0.15) is 0 Å². The van der Waals surface area contributed by atoms with Gasteiger partial charge in [0, 0.05) is 13.2 Å². The van der Waals surface area contributed by atoms with Gasteiger partial charge in [-0.15, -0.1) is 0 Å². The van der Waals surface area contributed by atoms with Crippen LogP contribution in [0.5, 0.6) is 0 Å². The molecule has 0 spiro atoms. The third kappa shape index (κ3) is 2.84. The highest BCUT2D eigenvalue weighted by Gasteiger charge is 2.40. The molecule has 0 N–H and O–H groups in total. The van der Waals surface area contributed by atoms with E-state index in [1.807, 2.05) is 0 Å². The van der Waals surface area contributed by atoms with Crippen molar-refractivity contribution < 1.29 is 22.7 Å². The van der Waals surface area contributed by atoms with Gasteiger partial charge in [-0.25, -0.2) is 0 Å². The van der Waals surface area contributed by atoms with Crippen LogP contribution in [-0.2, 0) is 15.7 Å². The van der Waals surface area contributed by atoms with Crippen LogP contribution in [-0.4, -0.2) is 30.6 Å². The monoisotopic (exact) mass is 313 g/mol. The van der Waals surface area contributed by atoms with Gasteiger partial charge in [0.15, 0.2) is 0 Å². The Labute approximate surface area is 127 Å². The van der Waals surface area contributed by atoms with Crippen molar-refractivity contribution in [1.29, 1.82) is 0 Å². The highest BCUT2D eigenvalue weighted by atomic mass is 19.4. The average Bonchev–Trinajstić information content (AvgIpc) is 3.17. The Hall–Kier alpha value is -1.56. The number of hydrogen-bond donors (Lipinski definition) is 0. The van der Waals surface area contributed by atoms with E-state index < -0.39 is 17.8 Å². The number of carbonyl (C=O) groups excluding carboxylic acids is 1. The Morgan fingerprint density at radius 2 is 2.00 bits per heavy atom. The van der Waals surface area contributed by atoms with Crippen molar-refractivity contribution >= 4 is 5.91 Å². The molecule has 2 aliphatic rings. The van der Waals surface area contributed by atoms with Gasteiger partial charge in [0.05, 0.1) is 24.1 Å². The maximum Gasteiger partial charge on any atom is 0.416 e. The maximum absolute atomic E-state index is 13.2. The van der Waals surface area contributed by atoms with E-state index in [-0.39, 0.29) is 17.4 Å². The van der Waals surface area contributed by atoms with E-state index in [2.05, 4.69) is 0 Å². The number of benzene rings is 1. The molecule has 22 heavy (non-hydrogen) atoms. The van der Waals surface area contributed by atoms with E-state index in [0.717, 1.165) is 12.5 Å². The molecule has 2 fully saturated rings. The minimum atomic E-state index is -4.40. The standard InChI is InChI=1S/C16H18F3NO2/c17-16(18,19)13-5-2-1-4-12(13)14-6-3-8-20(14)15(21)11-7-9-22-10-11/h1-2,4-5,11,14H,3,6-10H2/t11-,14+/m0/s1. The highest BCUT2D eigenvalue weighted by Crippen LogP contribution is 2.41. The Morgan fingerprint density at radius 3 is 2.68 bits per heavy atom. The van der Waals surface area contributed by atoms with Gasteiger partial charge >= 0.3 is 6.18 Å². The van der Waals surface area contributed by atoms with Gasteiger partial charge in [-0.05, 0) is 30.9 Å². The van der Waals surface area contributed by atoms with Gasteiger partial charge < -0.3 is 9.64 Å². The van der Waals surface area contributed by atoms with Crippen molar-refractivity contribution in [3.8, 4) is 0 Å². The van der Waals surface area contributed by atoms with Gasteiger partial charge in [-0.3, -0.25) is 4.79 Å². The van der Waals surface area contributed by atoms with Crippen LogP contribution in [0.3, 0.4) is 0 Å². The van der Waals surface area contributed by atoms with Crippen LogP contribution in [0.1, 0.15) is 36.4 Å². The molecule has 0 aliphatic carbocycles. The maximum atomic E-state index is 13.2. The molecule has 2 aliphatic heterocycles. The summed E-state index contributed by atoms with van der Waals surface area (Å²) in [5.41, 5.74) is -0.429. The smallest absolute Gasteiger partial charge is 0.381 e. The first kappa shape index (κ1) is 15.3. The second kappa shape index (κ2) is 5.91. The molecule has 1 aromatic rings. The summed E-state index contributed by atoms with van der Waals surface area (Å²) in [5.74, 6) is -0.282. The third-order valence-electron chi connectivity index (χ3n) is 4.44. The molecule has 0 unspecified atom stereocenters. The molecule has 0 radical (unpaired) electrons. The lowest BCUT2D eigenvalue weighted by atomic mass is 9.97. The van der Waals surface area contributed by atoms with Gasteiger partial charge in [-0.1, -0.05) is 18.2 Å². The molecule has 0 aromatic heterocycles. The third-order valence-corrected chi connectivity index (χ3v) is 4.44. The van der Waals surface area contributed by atoms with Gasteiger partial charge in [0.2, 0.25) is 5.91 Å². The summed E-state index contributed by atoms with van der Waals surface area (Å²) in [6.07, 6.45) is -2.43. The molecule has 2 atom stereocenters. The van der Waals surface area contributed by atoms with Crippen molar-refractivity contribution in [2.45, 2.75) is 31.5 Å². The van der Waals surface area contributed by atoms with Crippen molar-refractivity contribution in [2.24, 2.45) is 5.92 Å². The second-order valence-electron chi connectivity index (χ2n) is 5.84. The second-order valence-corrected chi connectivity index (χ2v) is 5.84. The summed E-state index contributed by atoms with van der Waals surface area (Å²) in [5, 5.41) is 0. The number of carbonyl (C=O) groups is 1. The SMILES string of the molecule is O=C([C@H]1CCOC1)N1CCC[C@@H]1c1ccccc1C(F)(F)F. The molecule has 1 aromatic carbocycles. The minimum Gasteiger partial charge on any atom is -0.381 e. The molecule has 2 saturated heterocycles. The number of likely N-dealkylation sites (tertiary alicyclic amines) is 1. The highest BCUT2D eigenvalue weighted by molar-refractivity contribution is 5.80. The molecular formula is C16H18F3NO2. The zero-order valence-electron chi connectivity index (χ0n) is 12.1. The summed E-state index contributed by atoms with van der Waals surface area (Å²) in [6, 6.07) is 5.09. The zero-order chi connectivity index (χ0) is 15.7. The Kier molecular flexibility index (Phi) is 4.12. The van der Waals surface area contributed by atoms with E-state index >= 15 is 0 Å². The van der Waals surface area contributed by atoms with Gasteiger partial charge in [-0.2, -0.15) is 13.2 Å². The van der Waals surface area contributed by atoms with E-state index in [0.29, 0.717) is 32.6 Å². The molecule has 0 bridgehead atoms. The van der Waals surface area contributed by atoms with Crippen LogP contribution in [0.2, 0.25) is 0 Å². The average molecular weight is 313 g/mol. The fourth-order valence-corrected chi connectivity index (χ4v) is 3.36. The normalized spacial score (nSPS) is 25.7. The first-order valence-electron chi connectivity index (χ1n) is 7.53. The molecule has 0 saturated carbocycles. The number of hydrogen-bond acceptors (Lipinski definition) is 2. The summed E-state index contributed by atoms with van der Waals surface area (Å²) >= 11 is 0. The molecule has 3 nitrogen and oxygen atoms in total. The fraction of sp³-hybridized carbons (Fsp3) is 0.562. The first-order valence-corrected chi connectivity index (χ1v) is 7.53. The van der Waals surface area contributed by atoms with Crippen LogP contribution in [0.25, 0.3) is 0 Å². The number of halogens is 3. The van der Waals surface area contributed by atoms with Crippen LogP contribution >= 0.6 is 0 Å². The summed E-state index contributed by atoms with van der Waals surface area (Å²) in [7, 11) is 0. The Bertz CT molecular complexity index is 553. The predicted molar refractivity (Wildman–Crippen MR) is 74.1 cm³/mol. The van der Waals surface area contributed by atoms with Crippen LogP contribution < -0.4 is 0 Å². The van der Waals surface area contributed by atoms with E-state index in [1.165, 1.54) is 12.1 Å². The lowest BCUT2D eigenvalue weighted by molar-refractivity contribution is -0.141. The lowest BCUT2D eigenvalue weighted by Gasteiger charge is -2.29. The minimum absolute atomic E-state index is 0.0722. The predicted octanol–water partition coefficient (Wildman–Crippen LogP) is 3.41. The van der Waals surface area contributed by atoms with E-state index in [1.54, 1.807) is 11.0 Å². The number of alkyl halides is 3. The number of amides is 1. The van der Waals surface area contributed by atoms with Crippen LogP contribution in [0.4, 0.5) is 13.2 Å². The summed E-state index contributed by atoms with van der Waals surface area (Å²) in [6.45, 7) is 1.45. The zero-order valence-corrected chi connectivity index (χ0v) is 12.1. The Balaban J connectivity index is 1.89. The number of nitrogens with zero attached hydrogens (tertiary/aromatic N) is 1. The van der Waals surface area contributed by atoms with E-state index in [4.69, 9.17) is 4.74 Å². The number of rotatable bonds is 2. The van der Waals surface area contributed by atoms with Crippen molar-refractivity contribution in [2.75, 3.05) is 19.8 Å². The fourth-order valence-electron chi connectivity index (χ4n) is 3.36. The van der Waals surface area contributed by atoms with Crippen molar-refractivity contribution in [1.82, 2.24) is 4.90 Å². The molecule has 2 heterocycles. The number of ether oxygens (including phenoxy) is 1. The lowest BCUT2D eigenvalue weighted by Crippen LogP contribution is -2.36. The van der Waals surface area contributed by atoms with Gasteiger partial charge in [0.25, 0.3) is 0 Å². The summed E-state index contributed by atoms with van der Waals surface area (Å²) in [4.78, 5) is 14.2. The summed E-state index contributed by atoms with van der Waals surface area (Å²) < 4.78 is 44.9. The van der Waals surface area contributed by atoms with Crippen molar-refractivity contribution in [3.63, 3.8) is 0 Å². The van der Waals surface area contributed by atoms with Crippen molar-refractivity contribution in [3.05, 3.63) is 35.4 Å². The molecule has 1 amide bonds. The topological polar surface area (TPSA) is 29.5 Å². The molecule has 6 heteroatoms. The van der Waals surface area contributed by atoms with E-state index in [9.17, 15) is 18.0 Å². The molecule has 120 valence electrons. The Morgan fingerprint density at radius 1 is 1.23 bits per heavy atom. The largest absolute Gasteiger partial charge is 0.416 e. The van der Waals surface area contributed by atoms with Crippen LogP contribution in [0.15, 0.2) is 24.3 Å². The quantitative estimate of drug-likeness (QED) is 0.837. The van der Waals surface area contributed by atoms with Crippen LogP contribution in [0, 0.1) is 5.92 Å². The molecular weight excluding hydrogens is 295 g/mol. The molecule has 3 rings (SSSR count). The first-order chi connectivity index (χ1) is 10.5.